The Morgan fingerprint density at radius 1 is 1.05 bits per heavy atom. The summed E-state index contributed by atoms with van der Waals surface area (Å²) in [6, 6.07) is 12.0. The van der Waals surface area contributed by atoms with Gasteiger partial charge in [0.1, 0.15) is 15.4 Å². The summed E-state index contributed by atoms with van der Waals surface area (Å²) >= 11 is 1.46. The Balaban J connectivity index is 1.24. The average molecular weight is 588 g/mol. The first-order valence-corrected chi connectivity index (χ1v) is 16.4. The van der Waals surface area contributed by atoms with Gasteiger partial charge in [0.05, 0.1) is 4.88 Å². The van der Waals surface area contributed by atoms with Gasteiger partial charge in [-0.1, -0.05) is 36.4 Å². The molecule has 10 heteroatoms. The van der Waals surface area contributed by atoms with E-state index in [1.165, 1.54) is 15.3 Å². The molecule has 1 aliphatic heterocycles. The number of fused-ring (bicyclic) bond motifs is 1. The minimum absolute atomic E-state index is 0.373. The number of piperazine rings is 1. The molecule has 41 heavy (non-hydrogen) atoms. The summed E-state index contributed by atoms with van der Waals surface area (Å²) in [6.07, 6.45) is 15.0. The standard InChI is InChI=1S/C31H33N5O3S2/c1-30(12-3-2-5-26(30)22-6-8-23(9-7-22)35-19-16-32-17-20-35)41(38,39)36-18-11-25-24(10-15-33-28(25)36)27-21-34-29(40-27)31(37)13-4-14-31/h2-3,5-12,15,18,21,26,32,37H,4,13-14,16-17,19-20H2,1H3. The van der Waals surface area contributed by atoms with E-state index in [9.17, 15) is 13.5 Å². The number of aromatic nitrogens is 3. The SMILES string of the molecule is CC1(S(=O)(=O)n2ccc3c(-c4cnc(C5(O)CCC5)s4)ccnc32)C=CC=CC1c1ccc(N2CCNCC2)cc1. The Morgan fingerprint density at radius 2 is 1.83 bits per heavy atom. The van der Waals surface area contributed by atoms with E-state index in [1.807, 2.05) is 30.4 Å². The molecule has 4 aromatic rings. The van der Waals surface area contributed by atoms with Gasteiger partial charge in [0.2, 0.25) is 10.0 Å². The highest BCUT2D eigenvalue weighted by molar-refractivity contribution is 7.91. The minimum Gasteiger partial charge on any atom is -0.383 e. The molecule has 0 radical (unpaired) electrons. The molecule has 3 aromatic heterocycles. The fourth-order valence-corrected chi connectivity index (χ4v) is 9.10. The number of aliphatic hydroxyl groups is 1. The van der Waals surface area contributed by atoms with E-state index in [0.29, 0.717) is 10.7 Å². The molecule has 4 heterocycles. The topological polar surface area (TPSA) is 100 Å². The molecule has 2 atom stereocenters. The molecule has 1 aromatic carbocycles. The zero-order valence-electron chi connectivity index (χ0n) is 22.9. The Kier molecular flexibility index (Phi) is 6.42. The van der Waals surface area contributed by atoms with E-state index in [-0.39, 0.29) is 5.92 Å². The Labute approximate surface area is 244 Å². The second-order valence-corrected chi connectivity index (χ2v) is 14.6. The van der Waals surface area contributed by atoms with Crippen LogP contribution in [0.25, 0.3) is 21.5 Å². The molecule has 7 rings (SSSR count). The number of thiazole rings is 1. The highest BCUT2D eigenvalue weighted by atomic mass is 32.2. The van der Waals surface area contributed by atoms with Gasteiger partial charge in [-0.05, 0) is 56.0 Å². The van der Waals surface area contributed by atoms with Gasteiger partial charge in [0.15, 0.2) is 5.65 Å². The Hall–Kier alpha value is -3.31. The normalized spacial score (nSPS) is 24.0. The van der Waals surface area contributed by atoms with Crippen molar-refractivity contribution in [3.63, 3.8) is 0 Å². The smallest absolute Gasteiger partial charge is 0.250 e. The first-order valence-electron chi connectivity index (χ1n) is 14.1. The van der Waals surface area contributed by atoms with Crippen LogP contribution in [0.1, 0.15) is 42.7 Å². The van der Waals surface area contributed by atoms with Crippen LogP contribution in [0.2, 0.25) is 0 Å². The van der Waals surface area contributed by atoms with Crippen molar-refractivity contribution in [1.29, 1.82) is 0 Å². The first kappa shape index (κ1) is 26.6. The number of nitrogens with one attached hydrogen (secondary N) is 1. The molecular formula is C31H33N5O3S2. The third kappa shape index (κ3) is 4.27. The molecule has 1 saturated carbocycles. The molecule has 0 amide bonds. The number of benzene rings is 1. The van der Waals surface area contributed by atoms with Crippen LogP contribution < -0.4 is 10.2 Å². The van der Waals surface area contributed by atoms with Crippen LogP contribution >= 0.6 is 11.3 Å². The van der Waals surface area contributed by atoms with Crippen LogP contribution in [0, 0.1) is 0 Å². The van der Waals surface area contributed by atoms with Gasteiger partial charge in [-0.25, -0.2) is 22.4 Å². The van der Waals surface area contributed by atoms with Crippen molar-refractivity contribution in [3.8, 4) is 10.4 Å². The van der Waals surface area contributed by atoms with Crippen molar-refractivity contribution in [2.75, 3.05) is 31.1 Å². The van der Waals surface area contributed by atoms with Crippen molar-refractivity contribution in [2.24, 2.45) is 0 Å². The number of anilines is 1. The number of hydrogen-bond donors (Lipinski definition) is 2. The van der Waals surface area contributed by atoms with Crippen molar-refractivity contribution in [3.05, 3.63) is 89.9 Å². The average Bonchev–Trinajstić information content (AvgIpc) is 3.65. The molecule has 2 aliphatic carbocycles. The molecule has 2 fully saturated rings. The summed E-state index contributed by atoms with van der Waals surface area (Å²) < 4.78 is 29.1. The quantitative estimate of drug-likeness (QED) is 0.335. The third-order valence-electron chi connectivity index (χ3n) is 8.91. The van der Waals surface area contributed by atoms with Crippen molar-refractivity contribution >= 4 is 38.1 Å². The maximum Gasteiger partial charge on any atom is 0.250 e. The number of pyridine rings is 1. The lowest BCUT2D eigenvalue weighted by atomic mass is 9.81. The van der Waals surface area contributed by atoms with Gasteiger partial charge >= 0.3 is 0 Å². The van der Waals surface area contributed by atoms with Crippen LogP contribution in [0.4, 0.5) is 5.69 Å². The number of hydrogen-bond acceptors (Lipinski definition) is 8. The van der Waals surface area contributed by atoms with Crippen LogP contribution in [0.15, 0.2) is 79.3 Å². The molecule has 1 saturated heterocycles. The number of nitrogens with zero attached hydrogens (tertiary/aromatic N) is 4. The monoisotopic (exact) mass is 587 g/mol. The fraction of sp³-hybridized carbons (Fsp3) is 0.355. The second kappa shape index (κ2) is 9.90. The van der Waals surface area contributed by atoms with Gasteiger partial charge in [0, 0.05) is 67.3 Å². The second-order valence-electron chi connectivity index (χ2n) is 11.4. The van der Waals surface area contributed by atoms with E-state index in [0.717, 1.165) is 72.5 Å². The summed E-state index contributed by atoms with van der Waals surface area (Å²) in [7, 11) is -3.94. The summed E-state index contributed by atoms with van der Waals surface area (Å²) in [5.41, 5.74) is 2.51. The summed E-state index contributed by atoms with van der Waals surface area (Å²) in [5.74, 6) is -0.373. The van der Waals surface area contributed by atoms with Crippen LogP contribution in [-0.2, 0) is 15.6 Å². The van der Waals surface area contributed by atoms with Crippen LogP contribution in [0.5, 0.6) is 0 Å². The van der Waals surface area contributed by atoms with Crippen LogP contribution in [0.3, 0.4) is 0 Å². The Morgan fingerprint density at radius 3 is 2.56 bits per heavy atom. The van der Waals surface area contributed by atoms with Crippen LogP contribution in [-0.4, -0.2) is 58.4 Å². The highest BCUT2D eigenvalue weighted by Crippen LogP contribution is 2.46. The molecule has 212 valence electrons. The van der Waals surface area contributed by atoms with E-state index in [1.54, 1.807) is 31.6 Å². The predicted octanol–water partition coefficient (Wildman–Crippen LogP) is 4.79. The molecule has 2 N–H and O–H groups in total. The summed E-state index contributed by atoms with van der Waals surface area (Å²) in [4.78, 5) is 12.3. The number of allylic oxidation sites excluding steroid dienone is 3. The van der Waals surface area contributed by atoms with Gasteiger partial charge in [-0.15, -0.1) is 11.3 Å². The van der Waals surface area contributed by atoms with E-state index in [2.05, 4.69) is 44.5 Å². The molecule has 2 unspecified atom stereocenters. The van der Waals surface area contributed by atoms with E-state index < -0.39 is 20.4 Å². The zero-order chi connectivity index (χ0) is 28.2. The molecule has 0 spiro atoms. The largest absolute Gasteiger partial charge is 0.383 e. The highest BCUT2D eigenvalue weighted by Gasteiger charge is 2.46. The lowest BCUT2D eigenvalue weighted by molar-refractivity contribution is -0.0389. The maximum atomic E-state index is 14.5. The van der Waals surface area contributed by atoms with E-state index >= 15 is 0 Å². The van der Waals surface area contributed by atoms with Crippen molar-refractivity contribution < 1.29 is 13.5 Å². The van der Waals surface area contributed by atoms with E-state index in [4.69, 9.17) is 0 Å². The Bertz CT molecular complexity index is 1760. The fourth-order valence-electron chi connectivity index (χ4n) is 6.20. The minimum atomic E-state index is -3.94. The lowest BCUT2D eigenvalue weighted by Crippen LogP contribution is -2.44. The summed E-state index contributed by atoms with van der Waals surface area (Å²) in [5, 5.41) is 15.6. The van der Waals surface area contributed by atoms with Gasteiger partial charge < -0.3 is 15.3 Å². The molecule has 0 bridgehead atoms. The molecular weight excluding hydrogens is 555 g/mol. The van der Waals surface area contributed by atoms with Crippen molar-refractivity contribution in [1.82, 2.24) is 19.3 Å². The van der Waals surface area contributed by atoms with Crippen molar-refractivity contribution in [2.45, 2.75) is 42.5 Å². The van der Waals surface area contributed by atoms with Gasteiger partial charge in [-0.2, -0.15) is 0 Å². The van der Waals surface area contributed by atoms with Gasteiger partial charge in [0.25, 0.3) is 0 Å². The molecule has 8 nitrogen and oxygen atoms in total. The number of rotatable bonds is 6. The third-order valence-corrected chi connectivity index (χ3v) is 12.5. The maximum absolute atomic E-state index is 14.5. The lowest BCUT2D eigenvalue weighted by Gasteiger charge is -2.35. The van der Waals surface area contributed by atoms with Gasteiger partial charge in [-0.3, -0.25) is 0 Å². The predicted molar refractivity (Wildman–Crippen MR) is 164 cm³/mol. The molecule has 3 aliphatic rings. The summed E-state index contributed by atoms with van der Waals surface area (Å²) in [6.45, 7) is 5.62. The first-order chi connectivity index (χ1) is 19.8. The zero-order valence-corrected chi connectivity index (χ0v) is 24.5.